The number of amides is 4. The number of benzene rings is 2. The number of carbonyl (C=O) groups is 4. The lowest BCUT2D eigenvalue weighted by molar-refractivity contribution is -0.141. The van der Waals surface area contributed by atoms with Gasteiger partial charge in [-0.1, -0.05) is 24.3 Å². The normalized spacial score (nSPS) is 12.6. The van der Waals surface area contributed by atoms with E-state index in [0.29, 0.717) is 17.0 Å². The van der Waals surface area contributed by atoms with Crippen molar-refractivity contribution >= 4 is 29.5 Å². The number of ether oxygens (including phenoxy) is 2. The summed E-state index contributed by atoms with van der Waals surface area (Å²) in [5, 5.41) is 15.2. The molecule has 0 spiro atoms. The molecule has 2 aromatic carbocycles. The molecule has 0 aliphatic heterocycles. The van der Waals surface area contributed by atoms with Crippen molar-refractivity contribution in [2.75, 3.05) is 25.6 Å². The smallest absolute Gasteiger partial charge is 0.408 e. The van der Waals surface area contributed by atoms with E-state index in [4.69, 9.17) is 15.2 Å². The van der Waals surface area contributed by atoms with Crippen LogP contribution in [0.3, 0.4) is 0 Å². The molecule has 2 atom stereocenters. The number of aliphatic hydroxyl groups is 1. The summed E-state index contributed by atoms with van der Waals surface area (Å²) in [6, 6.07) is 11.3. The van der Waals surface area contributed by atoms with Crippen LogP contribution in [0.15, 0.2) is 48.5 Å². The molecule has 0 radical (unpaired) electrons. The van der Waals surface area contributed by atoms with Crippen LogP contribution in [0.1, 0.15) is 50.8 Å². The number of methoxy groups -OCH3 is 1. The van der Waals surface area contributed by atoms with Crippen molar-refractivity contribution in [3.05, 3.63) is 59.7 Å². The molecule has 212 valence electrons. The Morgan fingerprint density at radius 2 is 1.69 bits per heavy atom. The van der Waals surface area contributed by atoms with E-state index >= 15 is 0 Å². The van der Waals surface area contributed by atoms with Gasteiger partial charge in [-0.15, -0.1) is 0 Å². The molecule has 11 nitrogen and oxygen atoms in total. The van der Waals surface area contributed by atoms with Crippen molar-refractivity contribution in [2.45, 2.75) is 58.2 Å². The van der Waals surface area contributed by atoms with Crippen molar-refractivity contribution in [1.82, 2.24) is 10.2 Å². The first kappa shape index (κ1) is 31.1. The molecule has 5 N–H and O–H groups in total. The Morgan fingerprint density at radius 1 is 1.05 bits per heavy atom. The van der Waals surface area contributed by atoms with E-state index in [1.54, 1.807) is 76.2 Å². The van der Waals surface area contributed by atoms with Crippen molar-refractivity contribution in [3.63, 3.8) is 0 Å². The fourth-order valence-electron chi connectivity index (χ4n) is 3.90. The monoisotopic (exact) mass is 542 g/mol. The first-order valence-electron chi connectivity index (χ1n) is 12.6. The van der Waals surface area contributed by atoms with Crippen LogP contribution >= 0.6 is 0 Å². The van der Waals surface area contributed by atoms with Gasteiger partial charge in [0, 0.05) is 18.7 Å². The lowest BCUT2D eigenvalue weighted by atomic mass is 9.97. The zero-order valence-electron chi connectivity index (χ0n) is 23.0. The summed E-state index contributed by atoms with van der Waals surface area (Å²) in [4.78, 5) is 52.9. The van der Waals surface area contributed by atoms with Gasteiger partial charge in [-0.3, -0.25) is 14.4 Å². The number of alkyl carbamates (subject to hydrolysis) is 1. The summed E-state index contributed by atoms with van der Waals surface area (Å²) >= 11 is 0. The Morgan fingerprint density at radius 3 is 2.23 bits per heavy atom. The second-order valence-corrected chi connectivity index (χ2v) is 9.94. The largest absolute Gasteiger partial charge is 0.497 e. The highest BCUT2D eigenvalue weighted by Gasteiger charge is 2.36. The van der Waals surface area contributed by atoms with E-state index in [9.17, 15) is 24.3 Å². The molecule has 0 fully saturated rings. The van der Waals surface area contributed by atoms with Crippen molar-refractivity contribution in [1.29, 1.82) is 0 Å². The van der Waals surface area contributed by atoms with E-state index in [-0.39, 0.29) is 19.4 Å². The van der Waals surface area contributed by atoms with Crippen LogP contribution in [-0.2, 0) is 19.1 Å². The number of anilines is 1. The molecule has 0 aliphatic rings. The first-order valence-corrected chi connectivity index (χ1v) is 12.6. The summed E-state index contributed by atoms with van der Waals surface area (Å²) in [5.74, 6) is -1.29. The Bertz CT molecular complexity index is 1150. The summed E-state index contributed by atoms with van der Waals surface area (Å²) in [5.41, 5.74) is 6.20. The lowest BCUT2D eigenvalue weighted by Gasteiger charge is -2.34. The Labute approximate surface area is 228 Å². The molecular formula is C28H38N4O7. The fourth-order valence-corrected chi connectivity index (χ4v) is 3.90. The number of carbonyl (C=O) groups excluding carboxylic acids is 4. The first-order chi connectivity index (χ1) is 18.4. The van der Waals surface area contributed by atoms with E-state index in [1.807, 2.05) is 0 Å². The highest BCUT2D eigenvalue weighted by Crippen LogP contribution is 2.27. The Kier molecular flexibility index (Phi) is 11.3. The van der Waals surface area contributed by atoms with Crippen molar-refractivity contribution < 1.29 is 33.8 Å². The molecule has 4 amide bonds. The molecule has 2 unspecified atom stereocenters. The SMILES string of the molecule is COc1ccc(NC(=O)C(c2ccccc2C)N(CCO)C(=O)C(CCC(N)=O)NC(=O)OC(C)(C)C)cc1. The maximum absolute atomic E-state index is 13.9. The molecule has 11 heteroatoms. The minimum atomic E-state index is -1.25. The van der Waals surface area contributed by atoms with Gasteiger partial charge in [0.1, 0.15) is 23.4 Å². The maximum Gasteiger partial charge on any atom is 0.408 e. The third kappa shape index (κ3) is 9.60. The fraction of sp³-hybridized carbons (Fsp3) is 0.429. The molecule has 0 heterocycles. The quantitative estimate of drug-likeness (QED) is 0.321. The number of aliphatic hydroxyl groups excluding tert-OH is 1. The maximum atomic E-state index is 13.9. The molecule has 0 saturated carbocycles. The summed E-state index contributed by atoms with van der Waals surface area (Å²) in [6.45, 7) is 6.12. The molecule has 0 aromatic heterocycles. The average Bonchev–Trinajstić information content (AvgIpc) is 2.86. The average molecular weight is 543 g/mol. The van der Waals surface area contributed by atoms with Crippen LogP contribution in [0.2, 0.25) is 0 Å². The van der Waals surface area contributed by atoms with Gasteiger partial charge in [0.05, 0.1) is 13.7 Å². The van der Waals surface area contributed by atoms with E-state index in [2.05, 4.69) is 10.6 Å². The molecular weight excluding hydrogens is 504 g/mol. The molecule has 0 aliphatic carbocycles. The van der Waals surface area contributed by atoms with Crippen LogP contribution in [0, 0.1) is 6.92 Å². The number of rotatable bonds is 12. The lowest BCUT2D eigenvalue weighted by Crippen LogP contribution is -2.53. The van der Waals surface area contributed by atoms with Gasteiger partial charge >= 0.3 is 6.09 Å². The number of nitrogens with two attached hydrogens (primary N) is 1. The van der Waals surface area contributed by atoms with E-state index < -0.39 is 48.1 Å². The number of aryl methyl sites for hydroxylation is 1. The van der Waals surface area contributed by atoms with Crippen LogP contribution in [0.4, 0.5) is 10.5 Å². The van der Waals surface area contributed by atoms with E-state index in [0.717, 1.165) is 5.56 Å². The molecule has 39 heavy (non-hydrogen) atoms. The number of hydrogen-bond donors (Lipinski definition) is 4. The highest BCUT2D eigenvalue weighted by molar-refractivity contribution is 5.99. The van der Waals surface area contributed by atoms with E-state index in [1.165, 1.54) is 12.0 Å². The second-order valence-electron chi connectivity index (χ2n) is 9.94. The standard InChI is InChI=1S/C28H38N4O7/c1-18-8-6-7-9-21(18)24(25(35)30-19-10-12-20(38-5)13-11-19)32(16-17-33)26(36)22(14-15-23(29)34)31-27(37)39-28(2,3)4/h6-13,22,24,33H,14-17H2,1-5H3,(H2,29,34)(H,30,35)(H,31,37). The van der Waals surface area contributed by atoms with Gasteiger partial charge in [-0.25, -0.2) is 4.79 Å². The molecule has 0 bridgehead atoms. The topological polar surface area (TPSA) is 160 Å². The Hall–Kier alpha value is -4.12. The number of nitrogens with zero attached hydrogens (tertiary/aromatic N) is 1. The van der Waals surface area contributed by atoms with Crippen LogP contribution < -0.4 is 21.1 Å². The highest BCUT2D eigenvalue weighted by atomic mass is 16.6. The summed E-state index contributed by atoms with van der Waals surface area (Å²) < 4.78 is 10.5. The summed E-state index contributed by atoms with van der Waals surface area (Å²) in [7, 11) is 1.53. The molecule has 2 rings (SSSR count). The number of nitrogens with one attached hydrogen (secondary N) is 2. The zero-order valence-corrected chi connectivity index (χ0v) is 23.0. The molecule has 0 saturated heterocycles. The van der Waals surface area contributed by atoms with Crippen LogP contribution in [0.5, 0.6) is 5.75 Å². The third-order valence-corrected chi connectivity index (χ3v) is 5.69. The van der Waals surface area contributed by atoms with Gasteiger partial charge in [0.25, 0.3) is 5.91 Å². The number of hydrogen-bond acceptors (Lipinski definition) is 7. The minimum absolute atomic E-state index is 0.129. The number of primary amides is 1. The second kappa shape index (κ2) is 14.1. The van der Waals surface area contributed by atoms with Gasteiger partial charge < -0.3 is 35.8 Å². The summed E-state index contributed by atoms with van der Waals surface area (Å²) in [6.07, 6.45) is -1.20. The predicted octanol–water partition coefficient (Wildman–Crippen LogP) is 2.66. The van der Waals surface area contributed by atoms with Crippen LogP contribution in [-0.4, -0.2) is 65.7 Å². The third-order valence-electron chi connectivity index (χ3n) is 5.69. The van der Waals surface area contributed by atoms with Crippen LogP contribution in [0.25, 0.3) is 0 Å². The van der Waals surface area contributed by atoms with Gasteiger partial charge in [0.2, 0.25) is 11.8 Å². The van der Waals surface area contributed by atoms with Crippen molar-refractivity contribution in [3.8, 4) is 5.75 Å². The minimum Gasteiger partial charge on any atom is -0.497 e. The van der Waals surface area contributed by atoms with Crippen molar-refractivity contribution in [2.24, 2.45) is 5.73 Å². The molecule has 2 aromatic rings. The Balaban J connectivity index is 2.49. The van der Waals surface area contributed by atoms with Gasteiger partial charge in [0.15, 0.2) is 0 Å². The van der Waals surface area contributed by atoms with Gasteiger partial charge in [-0.2, -0.15) is 0 Å². The predicted molar refractivity (Wildman–Crippen MR) is 146 cm³/mol. The van der Waals surface area contributed by atoms with Gasteiger partial charge in [-0.05, 0) is 69.5 Å². The zero-order chi connectivity index (χ0) is 29.2.